The molecule has 0 spiro atoms. The number of nitrogens with zero attached hydrogens (tertiary/aromatic N) is 2. The first kappa shape index (κ1) is 18.8. The molecule has 1 unspecified atom stereocenters. The lowest BCUT2D eigenvalue weighted by Gasteiger charge is -2.19. The summed E-state index contributed by atoms with van der Waals surface area (Å²) in [6.45, 7) is 4.73. The minimum Gasteiger partial charge on any atom is -0.357 e. The Morgan fingerprint density at radius 2 is 2.08 bits per heavy atom. The summed E-state index contributed by atoms with van der Waals surface area (Å²) in [5.41, 5.74) is 1.74. The first-order chi connectivity index (χ1) is 12.0. The van der Waals surface area contributed by atoms with Crippen molar-refractivity contribution >= 4 is 17.6 Å². The van der Waals surface area contributed by atoms with Gasteiger partial charge in [-0.3, -0.25) is 0 Å². The lowest BCUT2D eigenvalue weighted by molar-refractivity contribution is 0.609. The zero-order valence-corrected chi connectivity index (χ0v) is 14.9. The molecule has 0 aliphatic rings. The highest BCUT2D eigenvalue weighted by Crippen LogP contribution is 2.22. The second kappa shape index (κ2) is 9.05. The summed E-state index contributed by atoms with van der Waals surface area (Å²) < 4.78 is 13.9. The topological polar surface area (TPSA) is 60.2 Å². The van der Waals surface area contributed by atoms with E-state index in [1.165, 1.54) is 18.2 Å². The fraction of sp³-hybridized carbons (Fsp3) is 0.263. The standard InChI is InChI=1S/C19H20ClFN4/c1-3-23-19(25-13(2)16-6-4-5-7-17(16)20)24-12-15-10-14(11-22)8-9-18(15)21/h4-10,13H,3,12H2,1-2H3,(H2,23,24,25). The van der Waals surface area contributed by atoms with Crippen molar-refractivity contribution in [3.05, 3.63) is 70.0 Å². The fourth-order valence-corrected chi connectivity index (χ4v) is 2.66. The number of hydrogen-bond donors (Lipinski definition) is 2. The Labute approximate surface area is 152 Å². The van der Waals surface area contributed by atoms with Crippen LogP contribution in [0.25, 0.3) is 0 Å². The van der Waals surface area contributed by atoms with Gasteiger partial charge in [-0.15, -0.1) is 0 Å². The van der Waals surface area contributed by atoms with E-state index in [9.17, 15) is 4.39 Å². The van der Waals surface area contributed by atoms with Gasteiger partial charge in [0.05, 0.1) is 24.2 Å². The molecule has 2 rings (SSSR count). The summed E-state index contributed by atoms with van der Waals surface area (Å²) in [5.74, 6) is 0.175. The van der Waals surface area contributed by atoms with Crippen LogP contribution in [-0.2, 0) is 6.54 Å². The second-order valence-electron chi connectivity index (χ2n) is 5.50. The molecular formula is C19H20ClFN4. The predicted molar refractivity (Wildman–Crippen MR) is 98.9 cm³/mol. The molecule has 0 bridgehead atoms. The van der Waals surface area contributed by atoms with Crippen LogP contribution in [0.5, 0.6) is 0 Å². The van der Waals surface area contributed by atoms with Gasteiger partial charge in [0.2, 0.25) is 0 Å². The third-order valence-corrected chi connectivity index (χ3v) is 4.00. The Morgan fingerprint density at radius 3 is 2.76 bits per heavy atom. The molecule has 1 atom stereocenters. The van der Waals surface area contributed by atoms with Crippen molar-refractivity contribution in [1.82, 2.24) is 10.6 Å². The Balaban J connectivity index is 2.16. The van der Waals surface area contributed by atoms with Crippen LogP contribution in [0, 0.1) is 17.1 Å². The quantitative estimate of drug-likeness (QED) is 0.623. The number of guanidine groups is 1. The molecule has 0 amide bonds. The molecule has 0 saturated heterocycles. The SMILES string of the molecule is CCNC(=NCc1cc(C#N)ccc1F)NC(C)c1ccccc1Cl. The molecule has 2 aromatic rings. The van der Waals surface area contributed by atoms with E-state index in [1.54, 1.807) is 0 Å². The Hall–Kier alpha value is -2.58. The van der Waals surface area contributed by atoms with Gasteiger partial charge in [0.25, 0.3) is 0 Å². The molecule has 2 N–H and O–H groups in total. The highest BCUT2D eigenvalue weighted by atomic mass is 35.5. The van der Waals surface area contributed by atoms with Crippen molar-refractivity contribution in [3.63, 3.8) is 0 Å². The van der Waals surface area contributed by atoms with Gasteiger partial charge in [-0.05, 0) is 43.7 Å². The maximum atomic E-state index is 13.9. The molecule has 0 aliphatic heterocycles. The first-order valence-electron chi connectivity index (χ1n) is 8.03. The van der Waals surface area contributed by atoms with Crippen LogP contribution < -0.4 is 10.6 Å². The van der Waals surface area contributed by atoms with Crippen LogP contribution in [0.2, 0.25) is 5.02 Å². The van der Waals surface area contributed by atoms with Gasteiger partial charge < -0.3 is 10.6 Å². The number of benzene rings is 2. The van der Waals surface area contributed by atoms with Gasteiger partial charge in [-0.1, -0.05) is 29.8 Å². The largest absolute Gasteiger partial charge is 0.357 e. The molecule has 0 fully saturated rings. The lowest BCUT2D eigenvalue weighted by atomic mass is 10.1. The second-order valence-corrected chi connectivity index (χ2v) is 5.91. The molecule has 0 saturated carbocycles. The summed E-state index contributed by atoms with van der Waals surface area (Å²) in [4.78, 5) is 4.42. The van der Waals surface area contributed by atoms with Crippen molar-refractivity contribution in [3.8, 4) is 6.07 Å². The molecule has 0 aromatic heterocycles. The third-order valence-electron chi connectivity index (χ3n) is 3.65. The van der Waals surface area contributed by atoms with Crippen LogP contribution in [0.15, 0.2) is 47.5 Å². The minimum absolute atomic E-state index is 0.0678. The normalized spacial score (nSPS) is 12.4. The molecular weight excluding hydrogens is 339 g/mol. The van der Waals surface area contributed by atoms with Crippen LogP contribution >= 0.6 is 11.6 Å². The van der Waals surface area contributed by atoms with E-state index in [0.717, 1.165) is 5.56 Å². The Kier molecular flexibility index (Phi) is 6.79. The Morgan fingerprint density at radius 1 is 1.32 bits per heavy atom. The van der Waals surface area contributed by atoms with Crippen LogP contribution in [-0.4, -0.2) is 12.5 Å². The molecule has 4 nitrogen and oxygen atoms in total. The number of halogens is 2. The molecule has 25 heavy (non-hydrogen) atoms. The maximum Gasteiger partial charge on any atom is 0.192 e. The maximum absolute atomic E-state index is 13.9. The summed E-state index contributed by atoms with van der Waals surface area (Å²) in [6, 6.07) is 13.8. The monoisotopic (exact) mass is 358 g/mol. The fourth-order valence-electron chi connectivity index (χ4n) is 2.36. The minimum atomic E-state index is -0.377. The highest BCUT2D eigenvalue weighted by Gasteiger charge is 2.11. The highest BCUT2D eigenvalue weighted by molar-refractivity contribution is 6.31. The van der Waals surface area contributed by atoms with Crippen LogP contribution in [0.1, 0.15) is 36.6 Å². The van der Waals surface area contributed by atoms with Gasteiger partial charge in [-0.25, -0.2) is 9.38 Å². The number of nitrogens with one attached hydrogen (secondary N) is 2. The Bertz CT molecular complexity index is 798. The summed E-state index contributed by atoms with van der Waals surface area (Å²) in [5, 5.41) is 16.0. The van der Waals surface area contributed by atoms with Crippen molar-refractivity contribution < 1.29 is 4.39 Å². The molecule has 6 heteroatoms. The van der Waals surface area contributed by atoms with Gasteiger partial charge in [0, 0.05) is 17.1 Å². The van der Waals surface area contributed by atoms with Crippen LogP contribution in [0.3, 0.4) is 0 Å². The summed E-state index contributed by atoms with van der Waals surface area (Å²) in [6.07, 6.45) is 0. The predicted octanol–water partition coefficient (Wildman–Crippen LogP) is 4.17. The van der Waals surface area contributed by atoms with Crippen molar-refractivity contribution in [2.45, 2.75) is 26.4 Å². The molecule has 130 valence electrons. The van der Waals surface area contributed by atoms with E-state index < -0.39 is 0 Å². The van der Waals surface area contributed by atoms with Crippen molar-refractivity contribution in [2.24, 2.45) is 4.99 Å². The van der Waals surface area contributed by atoms with Crippen molar-refractivity contribution in [1.29, 1.82) is 5.26 Å². The number of hydrogen-bond acceptors (Lipinski definition) is 2. The van der Waals surface area contributed by atoms with E-state index >= 15 is 0 Å². The first-order valence-corrected chi connectivity index (χ1v) is 8.40. The average Bonchev–Trinajstić information content (AvgIpc) is 2.61. The number of aliphatic imine (C=N–C) groups is 1. The van der Waals surface area contributed by atoms with E-state index in [-0.39, 0.29) is 18.4 Å². The number of rotatable bonds is 5. The summed E-state index contributed by atoms with van der Waals surface area (Å²) in [7, 11) is 0. The third kappa shape index (κ3) is 5.20. The van der Waals surface area contributed by atoms with Crippen molar-refractivity contribution in [2.75, 3.05) is 6.54 Å². The zero-order chi connectivity index (χ0) is 18.2. The van der Waals surface area contributed by atoms with E-state index in [0.29, 0.717) is 28.7 Å². The average molecular weight is 359 g/mol. The molecule has 2 aromatic carbocycles. The summed E-state index contributed by atoms with van der Waals surface area (Å²) >= 11 is 6.23. The number of nitriles is 1. The molecule has 0 radical (unpaired) electrons. The van der Waals surface area contributed by atoms with Gasteiger partial charge in [0.1, 0.15) is 5.82 Å². The smallest absolute Gasteiger partial charge is 0.192 e. The van der Waals surface area contributed by atoms with E-state index in [4.69, 9.17) is 16.9 Å². The zero-order valence-electron chi connectivity index (χ0n) is 14.2. The van der Waals surface area contributed by atoms with E-state index in [2.05, 4.69) is 15.6 Å². The van der Waals surface area contributed by atoms with E-state index in [1.807, 2.05) is 44.2 Å². The van der Waals surface area contributed by atoms with Crippen LogP contribution in [0.4, 0.5) is 4.39 Å². The lowest BCUT2D eigenvalue weighted by Crippen LogP contribution is -2.38. The van der Waals surface area contributed by atoms with Gasteiger partial charge in [0.15, 0.2) is 5.96 Å². The van der Waals surface area contributed by atoms with Gasteiger partial charge in [-0.2, -0.15) is 5.26 Å². The van der Waals surface area contributed by atoms with Gasteiger partial charge >= 0.3 is 0 Å². The molecule has 0 heterocycles. The molecule has 0 aliphatic carbocycles.